The fraction of sp³-hybridized carbons (Fsp3) is 0.786. The van der Waals surface area contributed by atoms with Crippen molar-refractivity contribution in [1.82, 2.24) is 25.7 Å². The van der Waals surface area contributed by atoms with E-state index in [4.69, 9.17) is 4.52 Å². The number of halogens is 1. The molecular weight excluding hydrogens is 395 g/mol. The van der Waals surface area contributed by atoms with Crippen molar-refractivity contribution in [2.45, 2.75) is 46.2 Å². The normalized spacial score (nSPS) is 19.0. The maximum absolute atomic E-state index is 5.07. The molecule has 2 rings (SSSR count). The van der Waals surface area contributed by atoms with E-state index in [0.717, 1.165) is 25.6 Å². The molecule has 1 saturated heterocycles. The molecule has 0 spiro atoms. The van der Waals surface area contributed by atoms with Gasteiger partial charge < -0.3 is 15.2 Å². The number of nitrogens with zero attached hydrogens (tertiary/aromatic N) is 4. The standard InChI is InChI=1S/C14H26N6O.HI/c1-4-15-14(17-10-13-18-11(3)19-21-13)16-9-12-7-6-8-20(12)5-2;/h12H,4-10H2,1-3H3,(H2,15,16,17);1H. The average Bonchev–Trinajstić information content (AvgIpc) is 3.10. The first-order chi connectivity index (χ1) is 10.2. The van der Waals surface area contributed by atoms with Gasteiger partial charge in [0.25, 0.3) is 0 Å². The van der Waals surface area contributed by atoms with E-state index in [1.165, 1.54) is 19.4 Å². The van der Waals surface area contributed by atoms with Gasteiger partial charge in [-0.05, 0) is 39.8 Å². The Morgan fingerprint density at radius 2 is 2.23 bits per heavy atom. The van der Waals surface area contributed by atoms with Gasteiger partial charge in [-0.15, -0.1) is 24.0 Å². The highest BCUT2D eigenvalue weighted by molar-refractivity contribution is 14.0. The maximum atomic E-state index is 5.07. The molecule has 0 radical (unpaired) electrons. The Balaban J connectivity index is 0.00000242. The number of likely N-dealkylation sites (N-methyl/N-ethyl adjacent to an activating group) is 1. The number of aryl methyl sites for hydroxylation is 1. The van der Waals surface area contributed by atoms with Gasteiger partial charge in [0.15, 0.2) is 11.8 Å². The van der Waals surface area contributed by atoms with Crippen LogP contribution in [0.5, 0.6) is 0 Å². The van der Waals surface area contributed by atoms with Crippen molar-refractivity contribution in [3.63, 3.8) is 0 Å². The minimum atomic E-state index is 0. The maximum Gasteiger partial charge on any atom is 0.248 e. The lowest BCUT2D eigenvalue weighted by Gasteiger charge is -2.23. The summed E-state index contributed by atoms with van der Waals surface area (Å²) < 4.78 is 5.07. The van der Waals surface area contributed by atoms with Crippen molar-refractivity contribution in [3.05, 3.63) is 11.7 Å². The molecule has 0 amide bonds. The summed E-state index contributed by atoms with van der Waals surface area (Å²) in [5.41, 5.74) is 0. The Labute approximate surface area is 149 Å². The average molecular weight is 422 g/mol. The third kappa shape index (κ3) is 5.71. The van der Waals surface area contributed by atoms with Crippen LogP contribution in [0.25, 0.3) is 0 Å². The fourth-order valence-electron chi connectivity index (χ4n) is 2.65. The molecule has 1 aromatic heterocycles. The second-order valence-electron chi connectivity index (χ2n) is 5.24. The van der Waals surface area contributed by atoms with Crippen molar-refractivity contribution in [3.8, 4) is 0 Å². The van der Waals surface area contributed by atoms with Gasteiger partial charge >= 0.3 is 0 Å². The van der Waals surface area contributed by atoms with E-state index in [-0.39, 0.29) is 24.0 Å². The molecule has 8 heteroatoms. The van der Waals surface area contributed by atoms with Crippen LogP contribution in [0.15, 0.2) is 9.52 Å². The molecule has 22 heavy (non-hydrogen) atoms. The zero-order valence-corrected chi connectivity index (χ0v) is 16.0. The van der Waals surface area contributed by atoms with Crippen LogP contribution in [-0.2, 0) is 6.54 Å². The smallest absolute Gasteiger partial charge is 0.248 e. The second-order valence-corrected chi connectivity index (χ2v) is 5.24. The Hall–Kier alpha value is -0.900. The summed E-state index contributed by atoms with van der Waals surface area (Å²) in [6, 6.07) is 0.601. The molecule has 1 aliphatic heterocycles. The monoisotopic (exact) mass is 422 g/mol. The van der Waals surface area contributed by atoms with E-state index < -0.39 is 0 Å². The topological polar surface area (TPSA) is 78.6 Å². The predicted molar refractivity (Wildman–Crippen MR) is 97.5 cm³/mol. The van der Waals surface area contributed by atoms with Crippen LogP contribution in [0.3, 0.4) is 0 Å². The summed E-state index contributed by atoms with van der Waals surface area (Å²) in [5.74, 6) is 1.99. The van der Waals surface area contributed by atoms with Crippen LogP contribution in [0.1, 0.15) is 38.4 Å². The van der Waals surface area contributed by atoms with Gasteiger partial charge in [-0.3, -0.25) is 4.90 Å². The molecule has 1 aliphatic rings. The van der Waals surface area contributed by atoms with E-state index in [1.54, 1.807) is 6.92 Å². The van der Waals surface area contributed by atoms with Crippen LogP contribution in [0.2, 0.25) is 0 Å². The second kappa shape index (κ2) is 9.98. The van der Waals surface area contributed by atoms with Gasteiger partial charge in [-0.25, -0.2) is 4.99 Å². The summed E-state index contributed by atoms with van der Waals surface area (Å²) >= 11 is 0. The van der Waals surface area contributed by atoms with E-state index in [2.05, 4.69) is 44.5 Å². The Bertz CT molecular complexity index is 464. The van der Waals surface area contributed by atoms with Crippen LogP contribution in [0, 0.1) is 6.92 Å². The third-order valence-electron chi connectivity index (χ3n) is 3.70. The predicted octanol–water partition coefficient (Wildman–Crippen LogP) is 1.54. The van der Waals surface area contributed by atoms with Gasteiger partial charge in [-0.1, -0.05) is 12.1 Å². The molecule has 1 unspecified atom stereocenters. The van der Waals surface area contributed by atoms with Crippen molar-refractivity contribution < 1.29 is 4.52 Å². The summed E-state index contributed by atoms with van der Waals surface area (Å²) in [6.07, 6.45) is 2.54. The van der Waals surface area contributed by atoms with Crippen molar-refractivity contribution in [2.75, 3.05) is 26.2 Å². The first-order valence-corrected chi connectivity index (χ1v) is 7.78. The number of nitrogens with one attached hydrogen (secondary N) is 2. The Kier molecular flexibility index (Phi) is 8.69. The van der Waals surface area contributed by atoms with Crippen molar-refractivity contribution in [2.24, 2.45) is 4.99 Å². The lowest BCUT2D eigenvalue weighted by Crippen LogP contribution is -2.44. The van der Waals surface area contributed by atoms with Gasteiger partial charge in [0.1, 0.15) is 6.54 Å². The molecular formula is C14H27IN6O. The van der Waals surface area contributed by atoms with Crippen LogP contribution in [0.4, 0.5) is 0 Å². The molecule has 126 valence electrons. The molecule has 2 N–H and O–H groups in total. The van der Waals surface area contributed by atoms with Gasteiger partial charge in [0.2, 0.25) is 5.89 Å². The summed E-state index contributed by atoms with van der Waals surface area (Å²) in [5, 5.41) is 10.4. The van der Waals surface area contributed by atoms with E-state index in [1.807, 2.05) is 0 Å². The first kappa shape index (κ1) is 19.1. The Morgan fingerprint density at radius 3 is 2.86 bits per heavy atom. The molecule has 7 nitrogen and oxygen atoms in total. The first-order valence-electron chi connectivity index (χ1n) is 7.78. The lowest BCUT2D eigenvalue weighted by atomic mass is 10.2. The number of hydrogen-bond acceptors (Lipinski definition) is 5. The molecule has 0 aromatic carbocycles. The SMILES string of the molecule is CCNC(=NCc1nc(C)no1)NCC1CCCN1CC.I. The van der Waals surface area contributed by atoms with E-state index in [9.17, 15) is 0 Å². The van der Waals surface area contributed by atoms with Gasteiger partial charge in [-0.2, -0.15) is 4.98 Å². The quantitative estimate of drug-likeness (QED) is 0.412. The fourth-order valence-corrected chi connectivity index (χ4v) is 2.65. The molecule has 1 atom stereocenters. The zero-order valence-electron chi connectivity index (χ0n) is 13.6. The number of hydrogen-bond donors (Lipinski definition) is 2. The highest BCUT2D eigenvalue weighted by atomic mass is 127. The highest BCUT2D eigenvalue weighted by Crippen LogP contribution is 2.15. The molecule has 0 aliphatic carbocycles. The van der Waals surface area contributed by atoms with Crippen molar-refractivity contribution >= 4 is 29.9 Å². The molecule has 0 saturated carbocycles. The lowest BCUT2D eigenvalue weighted by molar-refractivity contribution is 0.267. The van der Waals surface area contributed by atoms with Gasteiger partial charge in [0.05, 0.1) is 0 Å². The number of aliphatic imine (C=N–C) groups is 1. The van der Waals surface area contributed by atoms with Crippen LogP contribution in [-0.4, -0.2) is 53.2 Å². The third-order valence-corrected chi connectivity index (χ3v) is 3.70. The number of likely N-dealkylation sites (tertiary alicyclic amines) is 1. The molecule has 2 heterocycles. The molecule has 0 bridgehead atoms. The van der Waals surface area contributed by atoms with Gasteiger partial charge in [0, 0.05) is 19.1 Å². The van der Waals surface area contributed by atoms with E-state index in [0.29, 0.717) is 24.3 Å². The Morgan fingerprint density at radius 1 is 1.41 bits per heavy atom. The largest absolute Gasteiger partial charge is 0.357 e. The highest BCUT2D eigenvalue weighted by Gasteiger charge is 2.22. The van der Waals surface area contributed by atoms with Crippen molar-refractivity contribution in [1.29, 1.82) is 0 Å². The summed E-state index contributed by atoms with van der Waals surface area (Å²) in [6.45, 7) is 10.5. The summed E-state index contributed by atoms with van der Waals surface area (Å²) in [7, 11) is 0. The number of rotatable bonds is 6. The molecule has 1 fully saturated rings. The number of guanidine groups is 1. The van der Waals surface area contributed by atoms with E-state index >= 15 is 0 Å². The molecule has 1 aromatic rings. The number of aromatic nitrogens is 2. The minimum Gasteiger partial charge on any atom is -0.357 e. The minimum absolute atomic E-state index is 0. The zero-order chi connectivity index (χ0) is 15.1. The van der Waals surface area contributed by atoms with Crippen LogP contribution < -0.4 is 10.6 Å². The van der Waals surface area contributed by atoms with Crippen LogP contribution >= 0.6 is 24.0 Å². The summed E-state index contributed by atoms with van der Waals surface area (Å²) in [4.78, 5) is 11.2.